The average Bonchev–Trinajstić information content (AvgIpc) is 2.39. The SMILES string of the molecule is CN(CC1CN(S(=O)(=O)c2cccc(Br)c2)C1)C(=O)OC(C)(C)C. The molecule has 0 aromatic heterocycles. The fourth-order valence-electron chi connectivity index (χ4n) is 2.41. The molecule has 0 unspecified atom stereocenters. The summed E-state index contributed by atoms with van der Waals surface area (Å²) in [7, 11) is -1.81. The largest absolute Gasteiger partial charge is 0.444 e. The number of sulfonamides is 1. The molecule has 24 heavy (non-hydrogen) atoms. The number of halogens is 1. The van der Waals surface area contributed by atoms with Crippen molar-refractivity contribution in [2.24, 2.45) is 5.92 Å². The molecule has 8 heteroatoms. The van der Waals surface area contributed by atoms with Gasteiger partial charge in [0.2, 0.25) is 10.0 Å². The number of ether oxygens (including phenoxy) is 1. The van der Waals surface area contributed by atoms with Gasteiger partial charge in [0, 0.05) is 37.1 Å². The molecule has 134 valence electrons. The Hall–Kier alpha value is -1.12. The van der Waals surface area contributed by atoms with Gasteiger partial charge in [-0.3, -0.25) is 0 Å². The lowest BCUT2D eigenvalue weighted by atomic mass is 10.0. The van der Waals surface area contributed by atoms with Crippen LogP contribution in [0.2, 0.25) is 0 Å². The highest BCUT2D eigenvalue weighted by Crippen LogP contribution is 2.27. The van der Waals surface area contributed by atoms with Crippen molar-refractivity contribution in [1.82, 2.24) is 9.21 Å². The second-order valence-corrected chi connectivity index (χ2v) is 9.86. The van der Waals surface area contributed by atoms with E-state index < -0.39 is 21.7 Å². The second kappa shape index (κ2) is 7.01. The van der Waals surface area contributed by atoms with E-state index in [4.69, 9.17) is 4.74 Å². The van der Waals surface area contributed by atoms with E-state index in [-0.39, 0.29) is 10.8 Å². The molecule has 0 aliphatic carbocycles. The zero-order valence-corrected chi connectivity index (χ0v) is 16.7. The van der Waals surface area contributed by atoms with Crippen molar-refractivity contribution in [3.63, 3.8) is 0 Å². The van der Waals surface area contributed by atoms with E-state index in [2.05, 4.69) is 15.9 Å². The summed E-state index contributed by atoms with van der Waals surface area (Å²) in [6.07, 6.45) is -0.393. The van der Waals surface area contributed by atoms with Gasteiger partial charge in [-0.2, -0.15) is 4.31 Å². The highest BCUT2D eigenvalue weighted by molar-refractivity contribution is 9.10. The average molecular weight is 419 g/mol. The van der Waals surface area contributed by atoms with Gasteiger partial charge in [-0.25, -0.2) is 13.2 Å². The van der Waals surface area contributed by atoms with Gasteiger partial charge in [0.05, 0.1) is 4.90 Å². The number of nitrogens with zero attached hydrogens (tertiary/aromatic N) is 2. The molecule has 1 aromatic carbocycles. The Morgan fingerprint density at radius 1 is 1.38 bits per heavy atom. The predicted octanol–water partition coefficient (Wildman–Crippen LogP) is 2.94. The molecule has 2 rings (SSSR count). The molecular weight excluding hydrogens is 396 g/mol. The smallest absolute Gasteiger partial charge is 0.410 e. The molecule has 6 nitrogen and oxygen atoms in total. The van der Waals surface area contributed by atoms with E-state index in [1.807, 2.05) is 20.8 Å². The molecule has 1 heterocycles. The zero-order valence-electron chi connectivity index (χ0n) is 14.3. The van der Waals surface area contributed by atoms with Crippen LogP contribution in [-0.2, 0) is 14.8 Å². The van der Waals surface area contributed by atoms with Crippen LogP contribution in [0.5, 0.6) is 0 Å². The first-order valence-corrected chi connectivity index (χ1v) is 9.92. The maximum atomic E-state index is 12.5. The van der Waals surface area contributed by atoms with E-state index >= 15 is 0 Å². The van der Waals surface area contributed by atoms with Crippen molar-refractivity contribution in [1.29, 1.82) is 0 Å². The van der Waals surface area contributed by atoms with Crippen LogP contribution in [0.1, 0.15) is 20.8 Å². The highest BCUT2D eigenvalue weighted by atomic mass is 79.9. The number of carbonyl (C=O) groups is 1. The van der Waals surface area contributed by atoms with Crippen molar-refractivity contribution in [2.75, 3.05) is 26.7 Å². The molecule has 1 saturated heterocycles. The second-order valence-electron chi connectivity index (χ2n) is 7.01. The van der Waals surface area contributed by atoms with Gasteiger partial charge >= 0.3 is 6.09 Å². The van der Waals surface area contributed by atoms with Crippen molar-refractivity contribution < 1.29 is 17.9 Å². The summed E-state index contributed by atoms with van der Waals surface area (Å²) in [4.78, 5) is 13.7. The predicted molar refractivity (Wildman–Crippen MR) is 95.3 cm³/mol. The van der Waals surface area contributed by atoms with Crippen LogP contribution < -0.4 is 0 Å². The van der Waals surface area contributed by atoms with Crippen LogP contribution in [0, 0.1) is 5.92 Å². The lowest BCUT2D eigenvalue weighted by Gasteiger charge is -2.39. The zero-order chi connectivity index (χ0) is 18.1. The molecule has 0 radical (unpaired) electrons. The van der Waals surface area contributed by atoms with Gasteiger partial charge < -0.3 is 9.64 Å². The van der Waals surface area contributed by atoms with Gasteiger partial charge in [0.25, 0.3) is 0 Å². The molecule has 0 bridgehead atoms. The lowest BCUT2D eigenvalue weighted by Crippen LogP contribution is -2.54. The number of carbonyl (C=O) groups excluding carboxylic acids is 1. The fraction of sp³-hybridized carbons (Fsp3) is 0.562. The van der Waals surface area contributed by atoms with Gasteiger partial charge in [0.1, 0.15) is 5.60 Å². The number of rotatable bonds is 4. The minimum atomic E-state index is -3.47. The van der Waals surface area contributed by atoms with Crippen LogP contribution in [0.3, 0.4) is 0 Å². The maximum absolute atomic E-state index is 12.5. The van der Waals surface area contributed by atoms with Crippen molar-refractivity contribution in [2.45, 2.75) is 31.3 Å². The summed E-state index contributed by atoms with van der Waals surface area (Å²) in [6.45, 7) is 6.72. The summed E-state index contributed by atoms with van der Waals surface area (Å²) in [6, 6.07) is 6.66. The normalized spacial score (nSPS) is 16.5. The first-order chi connectivity index (χ1) is 11.0. The molecule has 0 saturated carbocycles. The molecule has 1 aromatic rings. The summed E-state index contributed by atoms with van der Waals surface area (Å²) < 4.78 is 32.5. The number of benzene rings is 1. The maximum Gasteiger partial charge on any atom is 0.410 e. The highest BCUT2D eigenvalue weighted by Gasteiger charge is 2.38. The molecule has 1 amide bonds. The Kier molecular flexibility index (Phi) is 5.61. The van der Waals surface area contributed by atoms with Crippen LogP contribution >= 0.6 is 15.9 Å². The first kappa shape index (κ1) is 19.2. The standard InChI is InChI=1S/C16H23BrN2O4S/c1-16(2,3)23-15(20)18(4)9-12-10-19(11-12)24(21,22)14-7-5-6-13(17)8-14/h5-8,12H,9-11H2,1-4H3. The molecule has 0 N–H and O–H groups in total. The minimum Gasteiger partial charge on any atom is -0.444 e. The van der Waals surface area contributed by atoms with E-state index in [0.29, 0.717) is 19.6 Å². The van der Waals surface area contributed by atoms with E-state index in [1.54, 1.807) is 31.3 Å². The quantitative estimate of drug-likeness (QED) is 0.753. The Bertz CT molecular complexity index is 709. The van der Waals surface area contributed by atoms with Gasteiger partial charge in [-0.05, 0) is 39.0 Å². The molecule has 1 aliphatic rings. The summed E-state index contributed by atoms with van der Waals surface area (Å²) >= 11 is 3.29. The van der Waals surface area contributed by atoms with Crippen molar-refractivity contribution in [3.8, 4) is 0 Å². The van der Waals surface area contributed by atoms with E-state index in [0.717, 1.165) is 4.47 Å². The number of hydrogen-bond donors (Lipinski definition) is 0. The fourth-order valence-corrected chi connectivity index (χ4v) is 4.60. The molecule has 1 fully saturated rings. The van der Waals surface area contributed by atoms with Crippen LogP contribution in [0.15, 0.2) is 33.6 Å². The summed E-state index contributed by atoms with van der Waals surface area (Å²) in [5.41, 5.74) is -0.541. The number of amides is 1. The van der Waals surface area contributed by atoms with Crippen molar-refractivity contribution in [3.05, 3.63) is 28.7 Å². The summed E-state index contributed by atoms with van der Waals surface area (Å²) in [5, 5.41) is 0. The van der Waals surface area contributed by atoms with Crippen LogP contribution in [-0.4, -0.2) is 56.0 Å². The number of hydrogen-bond acceptors (Lipinski definition) is 4. The van der Waals surface area contributed by atoms with Gasteiger partial charge in [0.15, 0.2) is 0 Å². The third kappa shape index (κ3) is 4.70. The third-order valence-corrected chi connectivity index (χ3v) is 5.92. The Morgan fingerprint density at radius 2 is 2.00 bits per heavy atom. The Balaban J connectivity index is 1.90. The Labute approximate surface area is 151 Å². The van der Waals surface area contributed by atoms with E-state index in [1.165, 1.54) is 9.21 Å². The van der Waals surface area contributed by atoms with Gasteiger partial charge in [-0.15, -0.1) is 0 Å². The van der Waals surface area contributed by atoms with Crippen LogP contribution in [0.4, 0.5) is 4.79 Å². The molecule has 0 spiro atoms. The molecule has 1 aliphatic heterocycles. The first-order valence-electron chi connectivity index (χ1n) is 7.69. The monoisotopic (exact) mass is 418 g/mol. The topological polar surface area (TPSA) is 66.9 Å². The molecule has 0 atom stereocenters. The third-order valence-electron chi connectivity index (χ3n) is 3.59. The Morgan fingerprint density at radius 3 is 2.54 bits per heavy atom. The van der Waals surface area contributed by atoms with Gasteiger partial charge in [-0.1, -0.05) is 22.0 Å². The minimum absolute atomic E-state index is 0.115. The van der Waals surface area contributed by atoms with E-state index in [9.17, 15) is 13.2 Å². The lowest BCUT2D eigenvalue weighted by molar-refractivity contribution is 0.0230. The molecular formula is C16H23BrN2O4S. The summed E-state index contributed by atoms with van der Waals surface area (Å²) in [5.74, 6) is 0.115. The van der Waals surface area contributed by atoms with Crippen molar-refractivity contribution >= 4 is 32.0 Å². The van der Waals surface area contributed by atoms with Crippen LogP contribution in [0.25, 0.3) is 0 Å².